The maximum Gasteiger partial charge on any atom is 0.243 e. The van der Waals surface area contributed by atoms with Crippen molar-refractivity contribution < 1.29 is 21.6 Å². The first kappa shape index (κ1) is 20.9. The molecule has 1 amide bonds. The van der Waals surface area contributed by atoms with Gasteiger partial charge in [-0.2, -0.15) is 4.31 Å². The van der Waals surface area contributed by atoms with E-state index in [-0.39, 0.29) is 10.6 Å². The normalized spacial score (nSPS) is 17.8. The first-order chi connectivity index (χ1) is 12.1. The Hall–Kier alpha value is -1.45. The average molecular weight is 403 g/mol. The van der Waals surface area contributed by atoms with Crippen molar-refractivity contribution in [3.63, 3.8) is 0 Å². The Labute approximate surface area is 155 Å². The minimum absolute atomic E-state index is 0.0940. The molecular weight excluding hydrogens is 376 g/mol. The van der Waals surface area contributed by atoms with Gasteiger partial charge in [0.2, 0.25) is 15.9 Å². The van der Waals surface area contributed by atoms with Gasteiger partial charge in [-0.25, -0.2) is 16.8 Å². The summed E-state index contributed by atoms with van der Waals surface area (Å²) in [6, 6.07) is 5.93. The third-order valence-corrected chi connectivity index (χ3v) is 8.98. The average Bonchev–Trinajstić information content (AvgIpc) is 2.61. The minimum atomic E-state index is -3.62. The second-order valence-electron chi connectivity index (χ2n) is 6.76. The standard InChI is InChI=1S/C17H26N2O5S2/c1-13(2)25(21,22)14(3)17(20)18-15-8-7-9-16(12-15)26(23,24)19-10-5-4-6-11-19/h7-9,12-14H,4-6,10-11H2,1-3H3,(H,18,20). The summed E-state index contributed by atoms with van der Waals surface area (Å²) in [5.74, 6) is -0.675. The van der Waals surface area contributed by atoms with Gasteiger partial charge in [0.05, 0.1) is 10.1 Å². The number of sulfonamides is 1. The lowest BCUT2D eigenvalue weighted by Gasteiger charge is -2.26. The monoisotopic (exact) mass is 402 g/mol. The van der Waals surface area contributed by atoms with Crippen LogP contribution in [-0.4, -0.2) is 50.6 Å². The predicted octanol–water partition coefficient (Wildman–Crippen LogP) is 2.01. The second kappa shape index (κ2) is 8.06. The van der Waals surface area contributed by atoms with Crippen molar-refractivity contribution >= 4 is 31.5 Å². The number of nitrogens with one attached hydrogen (secondary N) is 1. The number of carbonyl (C=O) groups is 1. The highest BCUT2D eigenvalue weighted by atomic mass is 32.2. The van der Waals surface area contributed by atoms with Crippen molar-refractivity contribution in [2.24, 2.45) is 0 Å². The van der Waals surface area contributed by atoms with Crippen molar-refractivity contribution in [3.8, 4) is 0 Å². The lowest BCUT2D eigenvalue weighted by atomic mass is 10.2. The van der Waals surface area contributed by atoms with E-state index in [0.29, 0.717) is 13.1 Å². The fraction of sp³-hybridized carbons (Fsp3) is 0.588. The number of anilines is 1. The van der Waals surface area contributed by atoms with Crippen LogP contribution >= 0.6 is 0 Å². The summed E-state index contributed by atoms with van der Waals surface area (Å²) in [7, 11) is -7.21. The van der Waals surface area contributed by atoms with Crippen LogP contribution < -0.4 is 5.32 Å². The van der Waals surface area contributed by atoms with Crippen LogP contribution in [0.15, 0.2) is 29.2 Å². The Bertz CT molecular complexity index is 857. The SMILES string of the molecule is CC(C)S(=O)(=O)C(C)C(=O)Nc1cccc(S(=O)(=O)N2CCCCC2)c1. The number of rotatable bonds is 6. The van der Waals surface area contributed by atoms with Gasteiger partial charge in [0.15, 0.2) is 9.84 Å². The van der Waals surface area contributed by atoms with Crippen LogP contribution in [0.3, 0.4) is 0 Å². The summed E-state index contributed by atoms with van der Waals surface area (Å²) in [6.45, 7) is 5.35. The van der Waals surface area contributed by atoms with Gasteiger partial charge in [-0.05, 0) is 51.8 Å². The van der Waals surface area contributed by atoms with Crippen LogP contribution in [0.5, 0.6) is 0 Å². The molecule has 0 aliphatic carbocycles. The lowest BCUT2D eigenvalue weighted by Crippen LogP contribution is -2.37. The molecule has 0 saturated carbocycles. The zero-order valence-electron chi connectivity index (χ0n) is 15.3. The molecule has 0 spiro atoms. The quantitative estimate of drug-likeness (QED) is 0.784. The van der Waals surface area contributed by atoms with Crippen LogP contribution in [0.4, 0.5) is 5.69 Å². The van der Waals surface area contributed by atoms with Crippen molar-refractivity contribution in [1.82, 2.24) is 4.31 Å². The number of nitrogens with zero attached hydrogens (tertiary/aromatic N) is 1. The number of amides is 1. The van der Waals surface area contributed by atoms with Crippen molar-refractivity contribution in [3.05, 3.63) is 24.3 Å². The van der Waals surface area contributed by atoms with E-state index in [1.54, 1.807) is 6.07 Å². The van der Waals surface area contributed by atoms with Crippen LogP contribution in [0.1, 0.15) is 40.0 Å². The Morgan fingerprint density at radius 3 is 2.23 bits per heavy atom. The third-order valence-electron chi connectivity index (χ3n) is 4.57. The number of hydrogen-bond acceptors (Lipinski definition) is 5. The molecule has 146 valence electrons. The van der Waals surface area contributed by atoms with Gasteiger partial charge in [-0.15, -0.1) is 0 Å². The zero-order valence-corrected chi connectivity index (χ0v) is 16.9. The number of benzene rings is 1. The van der Waals surface area contributed by atoms with E-state index in [1.165, 1.54) is 43.3 Å². The topological polar surface area (TPSA) is 101 Å². The third kappa shape index (κ3) is 4.44. The molecule has 1 aliphatic rings. The molecule has 1 fully saturated rings. The van der Waals surface area contributed by atoms with Crippen LogP contribution in [-0.2, 0) is 24.7 Å². The molecule has 1 saturated heterocycles. The Kier molecular flexibility index (Phi) is 6.46. The van der Waals surface area contributed by atoms with Gasteiger partial charge in [-0.1, -0.05) is 12.5 Å². The minimum Gasteiger partial charge on any atom is -0.325 e. The van der Waals surface area contributed by atoms with Crippen LogP contribution in [0.2, 0.25) is 0 Å². The summed E-state index contributed by atoms with van der Waals surface area (Å²) < 4.78 is 51.2. The van der Waals surface area contributed by atoms with Crippen molar-refractivity contribution in [2.75, 3.05) is 18.4 Å². The second-order valence-corrected chi connectivity index (χ2v) is 11.5. The van der Waals surface area contributed by atoms with Crippen LogP contribution in [0, 0.1) is 0 Å². The fourth-order valence-corrected chi connectivity index (χ4v) is 5.53. The molecule has 0 aromatic heterocycles. The van der Waals surface area contributed by atoms with E-state index in [4.69, 9.17) is 0 Å². The fourth-order valence-electron chi connectivity index (χ4n) is 2.79. The molecule has 9 heteroatoms. The molecule has 1 aliphatic heterocycles. The molecule has 1 atom stereocenters. The maximum absolute atomic E-state index is 12.7. The number of piperidine rings is 1. The van der Waals surface area contributed by atoms with Gasteiger partial charge in [-0.3, -0.25) is 4.79 Å². The first-order valence-corrected chi connectivity index (χ1v) is 11.8. The summed E-state index contributed by atoms with van der Waals surface area (Å²) in [5.41, 5.74) is 0.263. The Balaban J connectivity index is 2.20. The van der Waals surface area contributed by atoms with E-state index in [1.807, 2.05) is 0 Å². The number of hydrogen-bond donors (Lipinski definition) is 1. The van der Waals surface area contributed by atoms with Gasteiger partial charge in [0, 0.05) is 18.8 Å². The van der Waals surface area contributed by atoms with Gasteiger partial charge >= 0.3 is 0 Å². The maximum atomic E-state index is 12.7. The molecule has 2 rings (SSSR count). The van der Waals surface area contributed by atoms with Gasteiger partial charge in [0.25, 0.3) is 0 Å². The highest BCUT2D eigenvalue weighted by molar-refractivity contribution is 7.93. The Morgan fingerprint density at radius 1 is 1.04 bits per heavy atom. The zero-order chi connectivity index (χ0) is 19.5. The van der Waals surface area contributed by atoms with Gasteiger partial charge < -0.3 is 5.32 Å². The molecule has 1 unspecified atom stereocenters. The molecule has 1 aromatic rings. The van der Waals surface area contributed by atoms with Crippen LogP contribution in [0.25, 0.3) is 0 Å². The number of carbonyl (C=O) groups excluding carboxylic acids is 1. The summed E-state index contributed by atoms with van der Waals surface area (Å²) in [5, 5.41) is 0.627. The van der Waals surface area contributed by atoms with E-state index in [2.05, 4.69) is 5.32 Å². The van der Waals surface area contributed by atoms with E-state index in [0.717, 1.165) is 19.3 Å². The molecule has 26 heavy (non-hydrogen) atoms. The molecule has 0 bridgehead atoms. The van der Waals surface area contributed by atoms with E-state index < -0.39 is 36.3 Å². The molecular formula is C17H26N2O5S2. The first-order valence-electron chi connectivity index (χ1n) is 8.70. The predicted molar refractivity (Wildman–Crippen MR) is 101 cm³/mol. The molecule has 1 N–H and O–H groups in total. The van der Waals surface area contributed by atoms with Crippen molar-refractivity contribution in [2.45, 2.75) is 55.4 Å². The van der Waals surface area contributed by atoms with Gasteiger partial charge in [0.1, 0.15) is 5.25 Å². The lowest BCUT2D eigenvalue weighted by molar-refractivity contribution is -0.115. The largest absolute Gasteiger partial charge is 0.325 e. The smallest absolute Gasteiger partial charge is 0.243 e. The Morgan fingerprint density at radius 2 is 1.65 bits per heavy atom. The molecule has 0 radical (unpaired) electrons. The molecule has 7 nitrogen and oxygen atoms in total. The molecule has 1 aromatic carbocycles. The summed E-state index contributed by atoms with van der Waals surface area (Å²) >= 11 is 0. The summed E-state index contributed by atoms with van der Waals surface area (Å²) in [4.78, 5) is 12.4. The molecule has 1 heterocycles. The van der Waals surface area contributed by atoms with Crippen molar-refractivity contribution in [1.29, 1.82) is 0 Å². The highest BCUT2D eigenvalue weighted by Gasteiger charge is 2.31. The number of sulfone groups is 1. The van der Waals surface area contributed by atoms with E-state index >= 15 is 0 Å². The van der Waals surface area contributed by atoms with E-state index in [9.17, 15) is 21.6 Å². The highest BCUT2D eigenvalue weighted by Crippen LogP contribution is 2.23. The summed E-state index contributed by atoms with van der Waals surface area (Å²) in [6.07, 6.45) is 2.69.